The third-order valence-corrected chi connectivity index (χ3v) is 6.47. The van der Waals surface area contributed by atoms with Crippen LogP contribution < -0.4 is 29.4 Å². The summed E-state index contributed by atoms with van der Waals surface area (Å²) in [6.07, 6.45) is 0.777. The molecule has 0 spiro atoms. The van der Waals surface area contributed by atoms with Crippen LogP contribution in [0.5, 0.6) is 28.7 Å². The van der Waals surface area contributed by atoms with Crippen LogP contribution in [0.15, 0.2) is 60.0 Å². The predicted octanol–water partition coefficient (Wildman–Crippen LogP) is 6.63. The van der Waals surface area contributed by atoms with Gasteiger partial charge in [-0.2, -0.15) is 5.26 Å². The van der Waals surface area contributed by atoms with Gasteiger partial charge in [-0.05, 0) is 49.2 Å². The molecule has 0 amide bonds. The van der Waals surface area contributed by atoms with Crippen LogP contribution in [0.4, 0.5) is 0 Å². The van der Waals surface area contributed by atoms with Crippen LogP contribution in [-0.2, 0) is 0 Å². The van der Waals surface area contributed by atoms with Crippen molar-refractivity contribution in [3.63, 3.8) is 0 Å². The number of methoxy groups -OCH3 is 1. The minimum absolute atomic E-state index is 0.0486. The van der Waals surface area contributed by atoms with Crippen LogP contribution >= 0.6 is 23.2 Å². The quantitative estimate of drug-likeness (QED) is 0.226. The number of ether oxygens (including phenoxy) is 5. The van der Waals surface area contributed by atoms with Gasteiger partial charge in [-0.1, -0.05) is 42.3 Å². The Bertz CT molecular complexity index is 1460. The summed E-state index contributed by atoms with van der Waals surface area (Å²) in [5.74, 6) is 0.694. The number of benzene rings is 3. The number of hydrogen-bond acceptors (Lipinski definition) is 8. The number of carbonyl (C=O) groups is 1. The fourth-order valence-corrected chi connectivity index (χ4v) is 4.76. The first kappa shape index (κ1) is 28.0. The van der Waals surface area contributed by atoms with Crippen LogP contribution in [0.25, 0.3) is 0 Å². The van der Waals surface area contributed by atoms with Crippen LogP contribution in [-0.4, -0.2) is 26.3 Å². The normalized spacial score (nSPS) is 14.1. The van der Waals surface area contributed by atoms with Crippen LogP contribution in [0.3, 0.4) is 0 Å². The molecule has 1 atom stereocenters. The zero-order valence-electron chi connectivity index (χ0n) is 21.5. The maximum Gasteiger partial charge on any atom is 0.343 e. The molecule has 1 aliphatic heterocycles. The zero-order chi connectivity index (χ0) is 28.1. The Morgan fingerprint density at radius 1 is 1.05 bits per heavy atom. The van der Waals surface area contributed by atoms with Gasteiger partial charge in [-0.25, -0.2) is 4.79 Å². The van der Waals surface area contributed by atoms with E-state index in [2.05, 4.69) is 6.07 Å². The van der Waals surface area contributed by atoms with Crippen molar-refractivity contribution >= 4 is 29.2 Å². The highest BCUT2D eigenvalue weighted by Crippen LogP contribution is 2.45. The summed E-state index contributed by atoms with van der Waals surface area (Å²) in [5.41, 5.74) is 7.94. The molecule has 39 heavy (non-hydrogen) atoms. The Labute approximate surface area is 236 Å². The lowest BCUT2D eigenvalue weighted by Crippen LogP contribution is -2.21. The fraction of sp³-hybridized carbons (Fsp3) is 0.241. The summed E-state index contributed by atoms with van der Waals surface area (Å²) in [5, 5.41) is 10.3. The molecule has 3 aromatic rings. The highest BCUT2D eigenvalue weighted by Gasteiger charge is 2.32. The average Bonchev–Trinajstić information content (AvgIpc) is 2.92. The van der Waals surface area contributed by atoms with Gasteiger partial charge >= 0.3 is 5.97 Å². The molecule has 1 unspecified atom stereocenters. The monoisotopic (exact) mass is 568 g/mol. The molecule has 1 aliphatic rings. The highest BCUT2D eigenvalue weighted by atomic mass is 35.5. The summed E-state index contributed by atoms with van der Waals surface area (Å²) >= 11 is 12.6. The molecule has 0 bridgehead atoms. The molecular weight excluding hydrogens is 543 g/mol. The standard InChI is InChI=1S/C29H26Cl2N2O6/c1-4-10-37-27-21(30)11-17(12-22(27)31)29(34)38-18-7-8-19-24(14-18)39-28(33)20(15-32)26(19)16-6-9-23(36-5-2)25(13-16)35-3/h6-9,11-14,26H,4-5,10,33H2,1-3H3. The van der Waals surface area contributed by atoms with Crippen molar-refractivity contribution < 1.29 is 28.5 Å². The fourth-order valence-electron chi connectivity index (χ4n) is 4.17. The number of carbonyl (C=O) groups excluding carboxylic acids is 1. The predicted molar refractivity (Wildman–Crippen MR) is 147 cm³/mol. The van der Waals surface area contributed by atoms with Gasteiger partial charge in [-0.3, -0.25) is 0 Å². The molecule has 2 N–H and O–H groups in total. The molecule has 0 saturated heterocycles. The highest BCUT2D eigenvalue weighted by molar-refractivity contribution is 6.37. The van der Waals surface area contributed by atoms with E-state index in [1.807, 2.05) is 19.9 Å². The van der Waals surface area contributed by atoms with E-state index in [-0.39, 0.29) is 32.8 Å². The Kier molecular flexibility index (Phi) is 8.75. The summed E-state index contributed by atoms with van der Waals surface area (Å²) in [4.78, 5) is 12.9. The van der Waals surface area contributed by atoms with Gasteiger partial charge < -0.3 is 29.4 Å². The lowest BCUT2D eigenvalue weighted by atomic mass is 9.83. The van der Waals surface area contributed by atoms with Crippen molar-refractivity contribution in [1.82, 2.24) is 0 Å². The van der Waals surface area contributed by atoms with Gasteiger partial charge in [0.25, 0.3) is 0 Å². The Morgan fingerprint density at radius 2 is 1.79 bits per heavy atom. The topological polar surface area (TPSA) is 113 Å². The Balaban J connectivity index is 1.65. The Hall–Kier alpha value is -4.06. The molecule has 0 radical (unpaired) electrons. The third-order valence-electron chi connectivity index (χ3n) is 5.91. The van der Waals surface area contributed by atoms with Crippen LogP contribution in [0, 0.1) is 11.3 Å². The van der Waals surface area contributed by atoms with E-state index in [4.69, 9.17) is 52.6 Å². The van der Waals surface area contributed by atoms with Crippen LogP contribution in [0.2, 0.25) is 10.0 Å². The van der Waals surface area contributed by atoms with Crippen molar-refractivity contribution in [3.8, 4) is 34.8 Å². The SMILES string of the molecule is CCCOc1c(Cl)cc(C(=O)Oc2ccc3c(c2)OC(N)=C(C#N)C3c2ccc(OCC)c(OC)c2)cc1Cl. The summed E-state index contributed by atoms with van der Waals surface area (Å²) in [6, 6.07) is 15.3. The minimum Gasteiger partial charge on any atom is -0.493 e. The van der Waals surface area contributed by atoms with E-state index in [9.17, 15) is 10.1 Å². The maximum atomic E-state index is 12.9. The second kappa shape index (κ2) is 12.2. The van der Waals surface area contributed by atoms with Gasteiger partial charge in [0, 0.05) is 11.6 Å². The second-order valence-corrected chi connectivity index (χ2v) is 9.29. The van der Waals surface area contributed by atoms with Crippen LogP contribution in [0.1, 0.15) is 47.7 Å². The van der Waals surface area contributed by atoms with Gasteiger partial charge in [0.05, 0.1) is 41.9 Å². The van der Waals surface area contributed by atoms with Crippen molar-refractivity contribution in [3.05, 3.63) is 86.7 Å². The first-order valence-corrected chi connectivity index (χ1v) is 12.9. The first-order valence-electron chi connectivity index (χ1n) is 12.2. The molecule has 202 valence electrons. The number of nitriles is 1. The summed E-state index contributed by atoms with van der Waals surface area (Å²) in [7, 11) is 1.54. The maximum absolute atomic E-state index is 12.9. The lowest BCUT2D eigenvalue weighted by molar-refractivity contribution is 0.0734. The summed E-state index contributed by atoms with van der Waals surface area (Å²) in [6.45, 7) is 4.75. The number of fused-ring (bicyclic) bond motifs is 1. The number of rotatable bonds is 9. The summed E-state index contributed by atoms with van der Waals surface area (Å²) < 4.78 is 28.0. The van der Waals surface area contributed by atoms with Crippen molar-refractivity contribution in [2.24, 2.45) is 5.73 Å². The molecule has 1 heterocycles. The molecule has 0 saturated carbocycles. The van der Waals surface area contributed by atoms with E-state index in [1.165, 1.54) is 18.2 Å². The van der Waals surface area contributed by atoms with Crippen molar-refractivity contribution in [2.45, 2.75) is 26.2 Å². The third kappa shape index (κ3) is 5.85. The zero-order valence-corrected chi connectivity index (χ0v) is 23.1. The number of halogens is 2. The molecule has 0 fully saturated rings. The number of allylic oxidation sites excluding steroid dienone is 1. The Morgan fingerprint density at radius 3 is 2.44 bits per heavy atom. The van der Waals surface area contributed by atoms with E-state index < -0.39 is 11.9 Å². The molecule has 0 aliphatic carbocycles. The molecule has 10 heteroatoms. The second-order valence-electron chi connectivity index (χ2n) is 8.47. The largest absolute Gasteiger partial charge is 0.493 e. The molecule has 4 rings (SSSR count). The number of nitrogens with zero attached hydrogens (tertiary/aromatic N) is 1. The van der Waals surface area contributed by atoms with Crippen molar-refractivity contribution in [2.75, 3.05) is 20.3 Å². The van der Waals surface area contributed by atoms with E-state index in [0.717, 1.165) is 12.0 Å². The molecular formula is C29H26Cl2N2O6. The number of hydrogen-bond donors (Lipinski definition) is 1. The number of esters is 1. The molecule has 0 aromatic heterocycles. The smallest absolute Gasteiger partial charge is 0.343 e. The average molecular weight is 569 g/mol. The minimum atomic E-state index is -0.675. The van der Waals surface area contributed by atoms with E-state index >= 15 is 0 Å². The van der Waals surface area contributed by atoms with Gasteiger partial charge in [0.15, 0.2) is 17.2 Å². The van der Waals surface area contributed by atoms with Gasteiger partial charge in [0.1, 0.15) is 23.1 Å². The van der Waals surface area contributed by atoms with E-state index in [0.29, 0.717) is 41.8 Å². The first-order chi connectivity index (χ1) is 18.8. The van der Waals surface area contributed by atoms with E-state index in [1.54, 1.807) is 31.4 Å². The molecule has 8 nitrogen and oxygen atoms in total. The van der Waals surface area contributed by atoms with Gasteiger partial charge in [0.2, 0.25) is 5.88 Å². The van der Waals surface area contributed by atoms with Crippen molar-refractivity contribution in [1.29, 1.82) is 5.26 Å². The molecule has 3 aromatic carbocycles. The number of nitrogens with two attached hydrogens (primary N) is 1. The lowest BCUT2D eigenvalue weighted by Gasteiger charge is -2.27. The van der Waals surface area contributed by atoms with Gasteiger partial charge in [-0.15, -0.1) is 0 Å².